The van der Waals surface area contributed by atoms with Gasteiger partial charge in [-0.15, -0.1) is 0 Å². The molecule has 1 aliphatic heterocycles. The molecule has 0 unspecified atom stereocenters. The van der Waals surface area contributed by atoms with Gasteiger partial charge in [-0.1, -0.05) is 0 Å². The first-order chi connectivity index (χ1) is 8.07. The van der Waals surface area contributed by atoms with E-state index < -0.39 is 12.9 Å². The summed E-state index contributed by atoms with van der Waals surface area (Å²) in [5.41, 5.74) is 0.532. The van der Waals surface area contributed by atoms with Gasteiger partial charge in [-0.05, 0) is 19.1 Å². The molecule has 0 aromatic carbocycles. The third kappa shape index (κ3) is 2.27. The van der Waals surface area contributed by atoms with Crippen LogP contribution in [0.15, 0.2) is 12.1 Å². The van der Waals surface area contributed by atoms with Gasteiger partial charge in [0.25, 0.3) is 0 Å². The topological polar surface area (TPSA) is 81.0 Å². The molecule has 1 aromatic rings. The van der Waals surface area contributed by atoms with E-state index >= 15 is 0 Å². The minimum Gasteiger partial charge on any atom is -0.496 e. The first kappa shape index (κ1) is 12.3. The van der Waals surface area contributed by atoms with Crippen LogP contribution in [0.3, 0.4) is 0 Å². The van der Waals surface area contributed by atoms with Gasteiger partial charge in [0, 0.05) is 0 Å². The predicted molar refractivity (Wildman–Crippen MR) is 59.9 cm³/mol. The van der Waals surface area contributed by atoms with Crippen LogP contribution in [0.5, 0.6) is 5.75 Å². The summed E-state index contributed by atoms with van der Waals surface area (Å²) in [6, 6.07) is 3.28. The molecule has 0 saturated carbocycles. The Kier molecular flexibility index (Phi) is 3.34. The molecule has 2 N–H and O–H groups in total. The Labute approximate surface area is 99.3 Å². The molecule has 2 heterocycles. The van der Waals surface area contributed by atoms with Crippen molar-refractivity contribution in [3.05, 3.63) is 17.8 Å². The summed E-state index contributed by atoms with van der Waals surface area (Å²) in [5.74, 6) is -0.624. The van der Waals surface area contributed by atoms with Gasteiger partial charge in [-0.3, -0.25) is 4.98 Å². The van der Waals surface area contributed by atoms with E-state index in [4.69, 9.17) is 14.2 Å². The lowest BCUT2D eigenvalue weighted by atomic mass is 9.84. The lowest BCUT2D eigenvalue weighted by Gasteiger charge is -2.22. The molecular formula is C10H14BNO5. The number of aromatic nitrogens is 1. The van der Waals surface area contributed by atoms with Gasteiger partial charge in [0.15, 0.2) is 0 Å². The van der Waals surface area contributed by atoms with Crippen molar-refractivity contribution in [1.82, 2.24) is 4.98 Å². The van der Waals surface area contributed by atoms with Gasteiger partial charge >= 0.3 is 7.12 Å². The molecule has 17 heavy (non-hydrogen) atoms. The molecule has 6 nitrogen and oxygen atoms in total. The lowest BCUT2D eigenvalue weighted by molar-refractivity contribution is -0.152. The van der Waals surface area contributed by atoms with Crippen LogP contribution in [0.2, 0.25) is 0 Å². The summed E-state index contributed by atoms with van der Waals surface area (Å²) in [6.07, 6.45) is 0. The van der Waals surface area contributed by atoms with Crippen LogP contribution < -0.4 is 10.3 Å². The molecule has 0 atom stereocenters. The third-order valence-electron chi connectivity index (χ3n) is 2.65. The van der Waals surface area contributed by atoms with Gasteiger partial charge in [-0.25, -0.2) is 0 Å². The maximum atomic E-state index is 9.22. The minimum atomic E-state index is -1.70. The highest BCUT2D eigenvalue weighted by Crippen LogP contribution is 2.29. The van der Waals surface area contributed by atoms with Crippen LogP contribution in [-0.2, 0) is 15.3 Å². The highest BCUT2D eigenvalue weighted by atomic mass is 16.7. The molecule has 0 bridgehead atoms. The molecule has 7 heteroatoms. The Morgan fingerprint density at radius 3 is 2.53 bits per heavy atom. The van der Waals surface area contributed by atoms with Crippen molar-refractivity contribution in [1.29, 1.82) is 0 Å². The Hall–Kier alpha value is -1.15. The molecule has 0 radical (unpaired) electrons. The first-order valence-electron chi connectivity index (χ1n) is 5.26. The summed E-state index contributed by atoms with van der Waals surface area (Å²) >= 11 is 0. The first-order valence-corrected chi connectivity index (χ1v) is 5.26. The fourth-order valence-electron chi connectivity index (χ4n) is 1.74. The second-order valence-corrected chi connectivity index (χ2v) is 3.80. The highest BCUT2D eigenvalue weighted by Gasteiger charge is 2.36. The molecule has 0 spiro atoms. The number of rotatable bonds is 3. The molecular weight excluding hydrogens is 225 g/mol. The molecule has 1 saturated heterocycles. The van der Waals surface area contributed by atoms with E-state index in [0.29, 0.717) is 24.7 Å². The number of pyridine rings is 1. The van der Waals surface area contributed by atoms with Crippen LogP contribution >= 0.6 is 0 Å². The number of ether oxygens (including phenoxy) is 3. The van der Waals surface area contributed by atoms with Crippen molar-refractivity contribution < 1.29 is 24.3 Å². The average Bonchev–Trinajstić information content (AvgIpc) is 2.76. The molecule has 0 aliphatic carbocycles. The van der Waals surface area contributed by atoms with Gasteiger partial charge in [0.05, 0.1) is 26.0 Å². The lowest BCUT2D eigenvalue weighted by Crippen LogP contribution is -2.37. The predicted octanol–water partition coefficient (Wildman–Crippen LogP) is -1.01. The monoisotopic (exact) mass is 239 g/mol. The van der Waals surface area contributed by atoms with Crippen LogP contribution in [0.1, 0.15) is 12.6 Å². The van der Waals surface area contributed by atoms with Crippen molar-refractivity contribution >= 4 is 12.7 Å². The summed E-state index contributed by atoms with van der Waals surface area (Å²) in [4.78, 5) is 4.12. The van der Waals surface area contributed by atoms with E-state index in [1.165, 1.54) is 7.11 Å². The molecule has 1 aliphatic rings. The number of nitrogens with zero attached hydrogens (tertiary/aromatic N) is 1. The van der Waals surface area contributed by atoms with Crippen LogP contribution in [0, 0.1) is 0 Å². The van der Waals surface area contributed by atoms with E-state index in [1.54, 1.807) is 19.1 Å². The van der Waals surface area contributed by atoms with E-state index in [1.807, 2.05) is 0 Å². The van der Waals surface area contributed by atoms with E-state index in [9.17, 15) is 10.0 Å². The summed E-state index contributed by atoms with van der Waals surface area (Å²) in [5, 5.41) is 18.4. The van der Waals surface area contributed by atoms with Crippen molar-refractivity contribution in [2.24, 2.45) is 0 Å². The Balaban J connectivity index is 2.40. The Morgan fingerprint density at radius 1 is 1.35 bits per heavy atom. The molecule has 1 aromatic heterocycles. The smallest absolute Gasteiger partial charge is 0.496 e. The zero-order valence-electron chi connectivity index (χ0n) is 9.71. The fraction of sp³-hybridized carbons (Fsp3) is 0.500. The average molecular weight is 239 g/mol. The zero-order chi connectivity index (χ0) is 12.5. The van der Waals surface area contributed by atoms with Crippen LogP contribution in [-0.4, -0.2) is 42.5 Å². The molecule has 92 valence electrons. The van der Waals surface area contributed by atoms with Gasteiger partial charge in [0.1, 0.15) is 11.3 Å². The van der Waals surface area contributed by atoms with Gasteiger partial charge in [0.2, 0.25) is 5.79 Å². The summed E-state index contributed by atoms with van der Waals surface area (Å²) < 4.78 is 15.9. The van der Waals surface area contributed by atoms with E-state index in [2.05, 4.69) is 4.98 Å². The molecule has 0 amide bonds. The summed E-state index contributed by atoms with van der Waals surface area (Å²) in [7, 11) is -0.262. The second-order valence-electron chi connectivity index (χ2n) is 3.80. The standard InChI is InChI=1S/C10H14BNO5/c1-10(16-5-6-17-10)8-4-3-7(15-2)9(12-8)11(13)14/h3-4,13-14H,5-6H2,1-2H3. The van der Waals surface area contributed by atoms with Crippen molar-refractivity contribution in [3.8, 4) is 5.75 Å². The van der Waals surface area contributed by atoms with E-state index in [0.717, 1.165) is 0 Å². The molecule has 1 fully saturated rings. The van der Waals surface area contributed by atoms with E-state index in [-0.39, 0.29) is 5.59 Å². The van der Waals surface area contributed by atoms with Gasteiger partial charge < -0.3 is 24.3 Å². The SMILES string of the molecule is COc1ccc(C2(C)OCCO2)nc1B(O)O. The Morgan fingerprint density at radius 2 is 2.00 bits per heavy atom. The number of hydrogen-bond donors (Lipinski definition) is 2. The van der Waals surface area contributed by atoms with Crippen molar-refractivity contribution in [2.75, 3.05) is 20.3 Å². The highest BCUT2D eigenvalue weighted by molar-refractivity contribution is 6.58. The largest absolute Gasteiger partial charge is 0.512 e. The maximum absolute atomic E-state index is 9.22. The maximum Gasteiger partial charge on any atom is 0.512 e. The zero-order valence-corrected chi connectivity index (χ0v) is 9.71. The second kappa shape index (κ2) is 4.62. The minimum absolute atomic E-state index is 0.0466. The fourth-order valence-corrected chi connectivity index (χ4v) is 1.74. The Bertz CT molecular complexity index is 406. The summed E-state index contributed by atoms with van der Waals surface area (Å²) in [6.45, 7) is 2.71. The van der Waals surface area contributed by atoms with Crippen molar-refractivity contribution in [2.45, 2.75) is 12.7 Å². The number of methoxy groups -OCH3 is 1. The van der Waals surface area contributed by atoms with Gasteiger partial charge in [-0.2, -0.15) is 0 Å². The third-order valence-corrected chi connectivity index (χ3v) is 2.65. The molecule has 2 rings (SSSR count). The van der Waals surface area contributed by atoms with Crippen LogP contribution in [0.4, 0.5) is 0 Å². The quantitative estimate of drug-likeness (QED) is 0.658. The normalized spacial score (nSPS) is 18.1. The van der Waals surface area contributed by atoms with Crippen LogP contribution in [0.25, 0.3) is 0 Å². The van der Waals surface area contributed by atoms with Crippen molar-refractivity contribution in [3.63, 3.8) is 0 Å². The number of hydrogen-bond acceptors (Lipinski definition) is 6.